The number of hydrogen-bond donors (Lipinski definition) is 0. The minimum absolute atomic E-state index is 0.702. The highest BCUT2D eigenvalue weighted by atomic mass is 16.8. The Morgan fingerprint density at radius 2 is 2.17 bits per heavy atom. The number of rotatable bonds is 1. The summed E-state index contributed by atoms with van der Waals surface area (Å²) in [5.74, 6) is -2.46. The zero-order valence-corrected chi connectivity index (χ0v) is 7.12. The van der Waals surface area contributed by atoms with Crippen molar-refractivity contribution in [2.75, 3.05) is 7.11 Å². The van der Waals surface area contributed by atoms with Crippen LogP contribution in [0.4, 0.5) is 0 Å². The van der Waals surface area contributed by atoms with Crippen LogP contribution in [-0.4, -0.2) is 30.9 Å². The summed E-state index contributed by atoms with van der Waals surface area (Å²) in [6, 6.07) is 0. The Kier molecular flexibility index (Phi) is 2.06. The lowest BCUT2D eigenvalue weighted by atomic mass is 10.4. The van der Waals surface area contributed by atoms with Gasteiger partial charge in [-0.25, -0.2) is 9.59 Å². The molecular formula is C7H10O5. The maximum absolute atomic E-state index is 10.9. The molecule has 0 spiro atoms. The Morgan fingerprint density at radius 1 is 1.58 bits per heavy atom. The molecule has 5 nitrogen and oxygen atoms in total. The van der Waals surface area contributed by atoms with Crippen molar-refractivity contribution in [2.45, 2.75) is 25.7 Å². The molecule has 12 heavy (non-hydrogen) atoms. The van der Waals surface area contributed by atoms with E-state index in [9.17, 15) is 9.59 Å². The van der Waals surface area contributed by atoms with Gasteiger partial charge in [-0.15, -0.1) is 0 Å². The van der Waals surface area contributed by atoms with Crippen LogP contribution in [0.15, 0.2) is 0 Å². The van der Waals surface area contributed by atoms with E-state index in [4.69, 9.17) is 9.47 Å². The van der Waals surface area contributed by atoms with Crippen LogP contribution >= 0.6 is 0 Å². The van der Waals surface area contributed by atoms with Crippen molar-refractivity contribution in [3.8, 4) is 0 Å². The monoisotopic (exact) mass is 174 g/mol. The van der Waals surface area contributed by atoms with E-state index >= 15 is 0 Å². The third kappa shape index (κ3) is 1.55. The molecule has 68 valence electrons. The number of ether oxygens (including phenoxy) is 3. The zero-order chi connectivity index (χ0) is 9.35. The van der Waals surface area contributed by atoms with Crippen molar-refractivity contribution in [1.29, 1.82) is 0 Å². The van der Waals surface area contributed by atoms with Gasteiger partial charge in [0.2, 0.25) is 5.79 Å². The average Bonchev–Trinajstić information content (AvgIpc) is 2.23. The molecule has 0 aromatic rings. The molecule has 0 aromatic carbocycles. The van der Waals surface area contributed by atoms with Gasteiger partial charge >= 0.3 is 11.9 Å². The largest absolute Gasteiger partial charge is 0.467 e. The van der Waals surface area contributed by atoms with Gasteiger partial charge in [-0.05, 0) is 0 Å². The summed E-state index contributed by atoms with van der Waals surface area (Å²) >= 11 is 0. The Labute approximate surface area is 69.6 Å². The second-order valence-corrected chi connectivity index (χ2v) is 2.84. The molecule has 1 aliphatic heterocycles. The third-order valence-electron chi connectivity index (χ3n) is 1.38. The molecule has 1 aliphatic rings. The van der Waals surface area contributed by atoms with E-state index in [0.717, 1.165) is 0 Å². The van der Waals surface area contributed by atoms with E-state index in [2.05, 4.69) is 4.74 Å². The van der Waals surface area contributed by atoms with Crippen molar-refractivity contribution >= 4 is 11.9 Å². The lowest BCUT2D eigenvalue weighted by Crippen LogP contribution is -2.29. The van der Waals surface area contributed by atoms with E-state index < -0.39 is 23.8 Å². The van der Waals surface area contributed by atoms with Crippen molar-refractivity contribution in [2.24, 2.45) is 0 Å². The Hall–Kier alpha value is -1.10. The average molecular weight is 174 g/mol. The van der Waals surface area contributed by atoms with Gasteiger partial charge in [0.25, 0.3) is 6.10 Å². The fourth-order valence-corrected chi connectivity index (χ4v) is 0.903. The topological polar surface area (TPSA) is 61.8 Å². The van der Waals surface area contributed by atoms with E-state index in [1.165, 1.54) is 7.11 Å². The molecule has 0 bridgehead atoms. The first-order valence-corrected chi connectivity index (χ1v) is 3.45. The smallest absolute Gasteiger partial charge is 0.349 e. The van der Waals surface area contributed by atoms with Crippen LogP contribution in [-0.2, 0) is 23.8 Å². The van der Waals surface area contributed by atoms with Crippen LogP contribution in [0.5, 0.6) is 0 Å². The highest BCUT2D eigenvalue weighted by molar-refractivity contribution is 5.99. The van der Waals surface area contributed by atoms with Crippen molar-refractivity contribution in [1.82, 2.24) is 0 Å². The number of carbonyl (C=O) groups excluding carboxylic acids is 2. The SMILES string of the molecule is COC(=O)[C@@H]1OC(C)(C)OC1=O. The summed E-state index contributed by atoms with van der Waals surface area (Å²) in [6.45, 7) is 3.10. The van der Waals surface area contributed by atoms with Crippen LogP contribution in [0.25, 0.3) is 0 Å². The first-order chi connectivity index (χ1) is 5.46. The molecule has 1 fully saturated rings. The van der Waals surface area contributed by atoms with E-state index in [0.29, 0.717) is 0 Å². The lowest BCUT2D eigenvalue weighted by Gasteiger charge is -2.14. The molecule has 1 heterocycles. The maximum atomic E-state index is 10.9. The van der Waals surface area contributed by atoms with Gasteiger partial charge < -0.3 is 14.2 Å². The molecule has 1 rings (SSSR count). The summed E-state index contributed by atoms with van der Waals surface area (Å²) in [7, 11) is 1.18. The summed E-state index contributed by atoms with van der Waals surface area (Å²) in [5, 5.41) is 0. The van der Waals surface area contributed by atoms with Gasteiger partial charge in [0.1, 0.15) is 0 Å². The predicted molar refractivity (Wildman–Crippen MR) is 37.1 cm³/mol. The molecule has 0 amide bonds. The van der Waals surface area contributed by atoms with E-state index in [1.54, 1.807) is 13.8 Å². The van der Waals surface area contributed by atoms with Gasteiger partial charge in [0.05, 0.1) is 7.11 Å². The van der Waals surface area contributed by atoms with Gasteiger partial charge in [0.15, 0.2) is 0 Å². The van der Waals surface area contributed by atoms with Crippen LogP contribution in [0.3, 0.4) is 0 Å². The molecule has 0 aliphatic carbocycles. The molecule has 1 atom stereocenters. The summed E-state index contributed by atoms with van der Waals surface area (Å²) < 4.78 is 14.0. The summed E-state index contributed by atoms with van der Waals surface area (Å²) in [6.07, 6.45) is -1.23. The number of carbonyl (C=O) groups is 2. The quantitative estimate of drug-likeness (QED) is 0.408. The lowest BCUT2D eigenvalue weighted by molar-refractivity contribution is -0.169. The van der Waals surface area contributed by atoms with Crippen LogP contribution in [0, 0.1) is 0 Å². The fraction of sp³-hybridized carbons (Fsp3) is 0.714. The molecular weight excluding hydrogens is 164 g/mol. The van der Waals surface area contributed by atoms with Crippen molar-refractivity contribution < 1.29 is 23.8 Å². The molecule has 1 saturated heterocycles. The van der Waals surface area contributed by atoms with E-state index in [1.807, 2.05) is 0 Å². The number of cyclic esters (lactones) is 1. The zero-order valence-electron chi connectivity index (χ0n) is 7.12. The van der Waals surface area contributed by atoms with E-state index in [-0.39, 0.29) is 0 Å². The number of hydrogen-bond acceptors (Lipinski definition) is 5. The maximum Gasteiger partial charge on any atom is 0.349 e. The van der Waals surface area contributed by atoms with Crippen LogP contribution < -0.4 is 0 Å². The Morgan fingerprint density at radius 3 is 2.50 bits per heavy atom. The summed E-state index contributed by atoms with van der Waals surface area (Å²) in [5.41, 5.74) is 0. The molecule has 0 radical (unpaired) electrons. The van der Waals surface area contributed by atoms with Crippen LogP contribution in [0.1, 0.15) is 13.8 Å². The first-order valence-electron chi connectivity index (χ1n) is 3.45. The summed E-state index contributed by atoms with van der Waals surface area (Å²) in [4.78, 5) is 21.8. The number of esters is 2. The second-order valence-electron chi connectivity index (χ2n) is 2.84. The normalized spacial score (nSPS) is 26.6. The minimum atomic E-state index is -1.23. The predicted octanol–water partition coefficient (Wildman–Crippen LogP) is -0.163. The molecule has 0 unspecified atom stereocenters. The van der Waals surface area contributed by atoms with Gasteiger partial charge in [0, 0.05) is 13.8 Å². The Balaban J connectivity index is 2.71. The highest BCUT2D eigenvalue weighted by Crippen LogP contribution is 2.23. The first kappa shape index (κ1) is 8.99. The third-order valence-corrected chi connectivity index (χ3v) is 1.38. The fourth-order valence-electron chi connectivity index (χ4n) is 0.903. The van der Waals surface area contributed by atoms with Crippen LogP contribution in [0.2, 0.25) is 0 Å². The molecule has 0 saturated carbocycles. The second kappa shape index (κ2) is 2.75. The highest BCUT2D eigenvalue weighted by Gasteiger charge is 2.45. The minimum Gasteiger partial charge on any atom is -0.467 e. The molecule has 0 N–H and O–H groups in total. The molecule has 0 aromatic heterocycles. The van der Waals surface area contributed by atoms with Gasteiger partial charge in [-0.3, -0.25) is 0 Å². The van der Waals surface area contributed by atoms with Gasteiger partial charge in [-0.1, -0.05) is 0 Å². The number of methoxy groups -OCH3 is 1. The molecule has 5 heteroatoms. The van der Waals surface area contributed by atoms with Crippen molar-refractivity contribution in [3.63, 3.8) is 0 Å². The Bertz CT molecular complexity index is 220. The van der Waals surface area contributed by atoms with Crippen molar-refractivity contribution in [3.05, 3.63) is 0 Å². The standard InChI is InChI=1S/C7H10O5/c1-7(2)11-4(5(8)10-3)6(9)12-7/h4H,1-3H3/t4-/m0/s1. The van der Waals surface area contributed by atoms with Gasteiger partial charge in [-0.2, -0.15) is 0 Å².